The molecule has 3 rings (SSSR count). The molecule has 118 valence electrons. The molecule has 1 aromatic heterocycles. The van der Waals surface area contributed by atoms with Gasteiger partial charge in [0.05, 0.1) is 16.8 Å². The molecule has 0 saturated carbocycles. The third-order valence-corrected chi connectivity index (χ3v) is 4.30. The van der Waals surface area contributed by atoms with Gasteiger partial charge in [-0.15, -0.1) is 0 Å². The van der Waals surface area contributed by atoms with Crippen molar-refractivity contribution in [3.05, 3.63) is 59.8 Å². The molecule has 1 heterocycles. The lowest BCUT2D eigenvalue weighted by molar-refractivity contribution is -0.0498. The Bertz CT molecular complexity index is 776. The molecule has 0 saturated heterocycles. The number of rotatable bonds is 5. The van der Waals surface area contributed by atoms with Crippen LogP contribution in [0.5, 0.6) is 5.75 Å². The molecular weight excluding hydrogens is 342 g/mol. The van der Waals surface area contributed by atoms with E-state index in [4.69, 9.17) is 11.6 Å². The van der Waals surface area contributed by atoms with E-state index in [1.165, 1.54) is 23.9 Å². The molecule has 0 aliphatic rings. The first-order valence-electron chi connectivity index (χ1n) is 6.64. The average Bonchev–Trinajstić information content (AvgIpc) is 2.98. The molecule has 0 radical (unpaired) electrons. The summed E-state index contributed by atoms with van der Waals surface area (Å²) in [4.78, 5) is 1.95. The summed E-state index contributed by atoms with van der Waals surface area (Å²) in [5, 5.41) is 7.67. The largest absolute Gasteiger partial charge is 0.435 e. The number of hydrogen-bond donors (Lipinski definition) is 1. The topological polar surface area (TPSA) is 37.9 Å². The fourth-order valence-corrected chi connectivity index (χ4v) is 3.01. The highest BCUT2D eigenvalue weighted by molar-refractivity contribution is 7.99. The van der Waals surface area contributed by atoms with Gasteiger partial charge in [0.1, 0.15) is 5.75 Å². The van der Waals surface area contributed by atoms with E-state index in [1.807, 2.05) is 24.3 Å². The lowest BCUT2D eigenvalue weighted by Crippen LogP contribution is -2.01. The molecule has 0 amide bonds. The number of aromatic amines is 1. The maximum atomic E-state index is 12.2. The van der Waals surface area contributed by atoms with Gasteiger partial charge in [-0.25, -0.2) is 0 Å². The average molecular weight is 353 g/mol. The molecule has 0 aliphatic carbocycles. The standard InChI is InChI=1S/C16H11ClF2N2OS/c17-11-3-7-13(8-4-11)23-14-9-20-21-15(14)10-1-5-12(6-2-10)22-16(18)19/h1-9,16H,(H,20,21). The predicted octanol–water partition coefficient (Wildman–Crippen LogP) is 5.48. The highest BCUT2D eigenvalue weighted by atomic mass is 35.5. The van der Waals surface area contributed by atoms with Crippen molar-refractivity contribution < 1.29 is 13.5 Å². The summed E-state index contributed by atoms with van der Waals surface area (Å²) in [6.07, 6.45) is 1.72. The minimum absolute atomic E-state index is 0.121. The Morgan fingerprint density at radius 2 is 1.74 bits per heavy atom. The van der Waals surface area contributed by atoms with Crippen molar-refractivity contribution in [1.29, 1.82) is 0 Å². The van der Waals surface area contributed by atoms with Crippen molar-refractivity contribution in [1.82, 2.24) is 10.2 Å². The van der Waals surface area contributed by atoms with E-state index in [2.05, 4.69) is 14.9 Å². The molecule has 1 N–H and O–H groups in total. The zero-order valence-corrected chi connectivity index (χ0v) is 13.2. The maximum Gasteiger partial charge on any atom is 0.387 e. The Labute approximate surface area is 140 Å². The molecule has 0 unspecified atom stereocenters. The second kappa shape index (κ2) is 7.02. The van der Waals surface area contributed by atoms with Crippen LogP contribution in [0.4, 0.5) is 8.78 Å². The quantitative estimate of drug-likeness (QED) is 0.660. The smallest absolute Gasteiger partial charge is 0.387 e. The number of aromatic nitrogens is 2. The van der Waals surface area contributed by atoms with E-state index in [0.717, 1.165) is 21.0 Å². The van der Waals surface area contributed by atoms with Gasteiger partial charge in [-0.1, -0.05) is 23.4 Å². The molecule has 0 fully saturated rings. The van der Waals surface area contributed by atoms with Crippen LogP contribution in [0.15, 0.2) is 64.5 Å². The number of nitrogens with zero attached hydrogens (tertiary/aromatic N) is 1. The van der Waals surface area contributed by atoms with Crippen molar-refractivity contribution in [2.45, 2.75) is 16.4 Å². The number of halogens is 3. The molecule has 7 heteroatoms. The first-order chi connectivity index (χ1) is 11.1. The summed E-state index contributed by atoms with van der Waals surface area (Å²) in [7, 11) is 0. The minimum Gasteiger partial charge on any atom is -0.435 e. The van der Waals surface area contributed by atoms with Gasteiger partial charge in [0.15, 0.2) is 0 Å². The number of nitrogens with one attached hydrogen (secondary N) is 1. The Hall–Kier alpha value is -2.05. The second-order valence-electron chi connectivity index (χ2n) is 4.57. The monoisotopic (exact) mass is 352 g/mol. The van der Waals surface area contributed by atoms with Crippen LogP contribution in [0.2, 0.25) is 5.02 Å². The zero-order valence-electron chi connectivity index (χ0n) is 11.7. The Kier molecular flexibility index (Phi) is 4.83. The van der Waals surface area contributed by atoms with Crippen LogP contribution in [-0.2, 0) is 0 Å². The number of benzene rings is 2. The molecule has 0 spiro atoms. The van der Waals surface area contributed by atoms with E-state index in [-0.39, 0.29) is 5.75 Å². The number of H-pyrrole nitrogens is 1. The van der Waals surface area contributed by atoms with Gasteiger partial charge >= 0.3 is 6.61 Å². The van der Waals surface area contributed by atoms with Gasteiger partial charge in [-0.05, 0) is 48.5 Å². The van der Waals surface area contributed by atoms with Gasteiger partial charge in [-0.3, -0.25) is 5.10 Å². The first kappa shape index (κ1) is 15.8. The number of alkyl halides is 2. The van der Waals surface area contributed by atoms with Crippen LogP contribution < -0.4 is 4.74 Å². The van der Waals surface area contributed by atoms with Crippen LogP contribution >= 0.6 is 23.4 Å². The normalized spacial score (nSPS) is 11.0. The zero-order chi connectivity index (χ0) is 16.2. The van der Waals surface area contributed by atoms with Crippen molar-refractivity contribution in [2.24, 2.45) is 0 Å². The lowest BCUT2D eigenvalue weighted by Gasteiger charge is -2.06. The van der Waals surface area contributed by atoms with Crippen molar-refractivity contribution in [3.8, 4) is 17.0 Å². The molecule has 3 nitrogen and oxygen atoms in total. The summed E-state index contributed by atoms with van der Waals surface area (Å²) in [5.41, 5.74) is 1.65. The molecule has 0 aliphatic heterocycles. The SMILES string of the molecule is FC(F)Oc1ccc(-c2[nH]ncc2Sc2ccc(Cl)cc2)cc1. The lowest BCUT2D eigenvalue weighted by atomic mass is 10.1. The van der Waals surface area contributed by atoms with Gasteiger partial charge < -0.3 is 4.74 Å². The van der Waals surface area contributed by atoms with Crippen LogP contribution in [0.25, 0.3) is 11.3 Å². The fraction of sp³-hybridized carbons (Fsp3) is 0.0625. The van der Waals surface area contributed by atoms with Crippen LogP contribution in [-0.4, -0.2) is 16.8 Å². The van der Waals surface area contributed by atoms with Crippen LogP contribution in [0.1, 0.15) is 0 Å². The number of hydrogen-bond acceptors (Lipinski definition) is 3. The summed E-state index contributed by atoms with van der Waals surface area (Å²) < 4.78 is 28.7. The molecule has 3 aromatic rings. The van der Waals surface area contributed by atoms with E-state index in [9.17, 15) is 8.78 Å². The molecule has 2 aromatic carbocycles. The highest BCUT2D eigenvalue weighted by Gasteiger charge is 2.10. The van der Waals surface area contributed by atoms with Crippen LogP contribution in [0.3, 0.4) is 0 Å². The maximum absolute atomic E-state index is 12.2. The van der Waals surface area contributed by atoms with Crippen molar-refractivity contribution >= 4 is 23.4 Å². The van der Waals surface area contributed by atoms with E-state index in [1.54, 1.807) is 18.3 Å². The fourth-order valence-electron chi connectivity index (χ4n) is 1.99. The molecular formula is C16H11ClF2N2OS. The first-order valence-corrected chi connectivity index (χ1v) is 7.83. The van der Waals surface area contributed by atoms with E-state index in [0.29, 0.717) is 5.02 Å². The summed E-state index contributed by atoms with van der Waals surface area (Å²) in [6.45, 7) is -2.83. The summed E-state index contributed by atoms with van der Waals surface area (Å²) in [5.74, 6) is 0.121. The van der Waals surface area contributed by atoms with Gasteiger partial charge in [0.25, 0.3) is 0 Å². The van der Waals surface area contributed by atoms with E-state index < -0.39 is 6.61 Å². The Balaban J connectivity index is 1.81. The predicted molar refractivity (Wildman–Crippen MR) is 86.2 cm³/mol. The Morgan fingerprint density at radius 1 is 1.04 bits per heavy atom. The third-order valence-electron chi connectivity index (χ3n) is 3.01. The Morgan fingerprint density at radius 3 is 2.39 bits per heavy atom. The summed E-state index contributed by atoms with van der Waals surface area (Å²) >= 11 is 7.41. The van der Waals surface area contributed by atoms with Crippen molar-refractivity contribution in [2.75, 3.05) is 0 Å². The molecule has 0 bridgehead atoms. The molecule has 23 heavy (non-hydrogen) atoms. The summed E-state index contributed by atoms with van der Waals surface area (Å²) in [6, 6.07) is 13.9. The van der Waals surface area contributed by atoms with Gasteiger partial charge in [0.2, 0.25) is 0 Å². The highest BCUT2D eigenvalue weighted by Crippen LogP contribution is 2.35. The van der Waals surface area contributed by atoms with E-state index >= 15 is 0 Å². The number of ether oxygens (including phenoxy) is 1. The van der Waals surface area contributed by atoms with Crippen LogP contribution in [0, 0.1) is 0 Å². The van der Waals surface area contributed by atoms with Gasteiger partial charge in [0, 0.05) is 15.5 Å². The van der Waals surface area contributed by atoms with Gasteiger partial charge in [-0.2, -0.15) is 13.9 Å². The third kappa shape index (κ3) is 4.03. The van der Waals surface area contributed by atoms with Crippen molar-refractivity contribution in [3.63, 3.8) is 0 Å². The second-order valence-corrected chi connectivity index (χ2v) is 6.12. The molecule has 0 atom stereocenters. The minimum atomic E-state index is -2.83.